The van der Waals surface area contributed by atoms with E-state index in [0.717, 1.165) is 12.8 Å². The van der Waals surface area contributed by atoms with Crippen molar-refractivity contribution in [3.05, 3.63) is 35.6 Å². The van der Waals surface area contributed by atoms with Gasteiger partial charge >= 0.3 is 0 Å². The number of ketones is 1. The molecule has 2 aliphatic rings. The Hall–Kier alpha value is -2.29. The SMILES string of the molecule is CC1=CCC(C=Cc2coc(C)n2)NC(=O)CCC(C)(C)C(=O)C(CCC2CO2)C(O)(O)C(C)CCC1. The van der Waals surface area contributed by atoms with Crippen LogP contribution < -0.4 is 5.32 Å². The van der Waals surface area contributed by atoms with E-state index >= 15 is 0 Å². The van der Waals surface area contributed by atoms with Gasteiger partial charge in [0.15, 0.2) is 11.7 Å². The van der Waals surface area contributed by atoms with Crippen LogP contribution in [0.3, 0.4) is 0 Å². The molecular weight excluding hydrogens is 472 g/mol. The molecule has 1 aromatic heterocycles. The third-order valence-electron chi connectivity index (χ3n) is 7.79. The summed E-state index contributed by atoms with van der Waals surface area (Å²) in [5.74, 6) is -3.30. The molecule has 1 amide bonds. The summed E-state index contributed by atoms with van der Waals surface area (Å²) in [5.41, 5.74) is 0.977. The second-order valence-electron chi connectivity index (χ2n) is 11.5. The molecule has 2 aliphatic heterocycles. The van der Waals surface area contributed by atoms with Gasteiger partial charge in [-0.3, -0.25) is 9.59 Å². The normalized spacial score (nSPS) is 29.6. The largest absolute Gasteiger partial charge is 0.449 e. The molecule has 206 valence electrons. The van der Waals surface area contributed by atoms with E-state index in [-0.39, 0.29) is 30.3 Å². The Bertz CT molecular complexity index is 988. The molecule has 3 N–H and O–H groups in total. The van der Waals surface area contributed by atoms with Crippen molar-refractivity contribution in [1.82, 2.24) is 10.3 Å². The third kappa shape index (κ3) is 8.62. The van der Waals surface area contributed by atoms with Gasteiger partial charge in [-0.15, -0.1) is 0 Å². The van der Waals surface area contributed by atoms with Crippen molar-refractivity contribution < 1.29 is 29.0 Å². The van der Waals surface area contributed by atoms with Crippen LogP contribution in [0.4, 0.5) is 0 Å². The highest BCUT2D eigenvalue weighted by Crippen LogP contribution is 2.39. The van der Waals surface area contributed by atoms with Crippen molar-refractivity contribution >= 4 is 17.8 Å². The van der Waals surface area contributed by atoms with E-state index in [1.54, 1.807) is 27.0 Å². The third-order valence-corrected chi connectivity index (χ3v) is 7.79. The lowest BCUT2D eigenvalue weighted by atomic mass is 9.70. The zero-order valence-electron chi connectivity index (χ0n) is 23.0. The minimum absolute atomic E-state index is 0.0899. The minimum Gasteiger partial charge on any atom is -0.449 e. The van der Waals surface area contributed by atoms with Crippen LogP contribution in [-0.4, -0.2) is 51.4 Å². The van der Waals surface area contributed by atoms with E-state index in [2.05, 4.69) is 16.4 Å². The number of carbonyl (C=O) groups excluding carboxylic acids is 2. The summed E-state index contributed by atoms with van der Waals surface area (Å²) in [6.07, 6.45) is 11.8. The first kappa shape index (κ1) is 29.3. The number of nitrogens with zero attached hydrogens (tertiary/aromatic N) is 1. The molecule has 3 rings (SSSR count). The molecule has 0 aromatic carbocycles. The average molecular weight is 517 g/mol. The number of epoxide rings is 1. The van der Waals surface area contributed by atoms with E-state index in [1.807, 2.05) is 26.0 Å². The zero-order valence-corrected chi connectivity index (χ0v) is 23.0. The van der Waals surface area contributed by atoms with E-state index in [9.17, 15) is 19.8 Å². The summed E-state index contributed by atoms with van der Waals surface area (Å²) in [5, 5.41) is 25.6. The Balaban J connectivity index is 1.81. The summed E-state index contributed by atoms with van der Waals surface area (Å²) in [7, 11) is 0. The number of aliphatic hydroxyl groups is 2. The van der Waals surface area contributed by atoms with Gasteiger partial charge in [-0.25, -0.2) is 4.98 Å². The first-order valence-electron chi connectivity index (χ1n) is 13.5. The number of rotatable bonds is 5. The highest BCUT2D eigenvalue weighted by atomic mass is 16.6. The molecule has 0 bridgehead atoms. The Kier molecular flexibility index (Phi) is 9.89. The topological polar surface area (TPSA) is 125 Å². The Morgan fingerprint density at radius 2 is 1.92 bits per heavy atom. The number of carbonyl (C=O) groups is 2. The standard InChI is InChI=1S/C29H44N2O6/c1-19-7-6-8-20(2)29(34,35)25(14-13-24-18-37-24)27(33)28(4,5)16-15-26(32)31-22(10-9-19)11-12-23-17-36-21(3)30-23/h9,11-12,17,20,22,24-25,34-35H,6-8,10,13-16,18H2,1-5H3,(H,31,32). The van der Waals surface area contributed by atoms with Crippen molar-refractivity contribution in [3.8, 4) is 0 Å². The summed E-state index contributed by atoms with van der Waals surface area (Å²) in [6, 6.07) is -0.223. The van der Waals surface area contributed by atoms with Crippen LogP contribution in [-0.2, 0) is 14.3 Å². The van der Waals surface area contributed by atoms with Crippen molar-refractivity contribution in [3.63, 3.8) is 0 Å². The lowest BCUT2D eigenvalue weighted by molar-refractivity contribution is -0.235. The quantitative estimate of drug-likeness (QED) is 0.299. The van der Waals surface area contributed by atoms with Crippen molar-refractivity contribution in [1.29, 1.82) is 0 Å². The fourth-order valence-corrected chi connectivity index (χ4v) is 4.95. The molecule has 1 saturated heterocycles. The Labute approximate surface area is 220 Å². The predicted molar refractivity (Wildman–Crippen MR) is 141 cm³/mol. The van der Waals surface area contributed by atoms with Crippen LogP contribution in [0.5, 0.6) is 0 Å². The van der Waals surface area contributed by atoms with Crippen LogP contribution >= 0.6 is 0 Å². The molecule has 4 unspecified atom stereocenters. The maximum atomic E-state index is 13.7. The van der Waals surface area contributed by atoms with Crippen LogP contribution in [0.1, 0.15) is 90.6 Å². The first-order valence-corrected chi connectivity index (χ1v) is 13.5. The number of nitrogens with one attached hydrogen (secondary N) is 1. The molecule has 4 atom stereocenters. The van der Waals surface area contributed by atoms with Gasteiger partial charge in [0, 0.05) is 24.7 Å². The maximum absolute atomic E-state index is 13.7. The molecule has 0 spiro atoms. The fourth-order valence-electron chi connectivity index (χ4n) is 4.95. The molecule has 0 radical (unpaired) electrons. The highest BCUT2D eigenvalue weighted by molar-refractivity contribution is 5.88. The number of Topliss-reactive ketones (excluding diaryl/α,β-unsaturated/α-hetero) is 1. The molecule has 3 heterocycles. The first-order chi connectivity index (χ1) is 17.4. The van der Waals surface area contributed by atoms with Crippen LogP contribution in [0.2, 0.25) is 0 Å². The number of aromatic nitrogens is 1. The number of oxazole rings is 1. The van der Waals surface area contributed by atoms with Gasteiger partial charge in [-0.1, -0.05) is 38.5 Å². The summed E-state index contributed by atoms with van der Waals surface area (Å²) in [6.45, 7) is 9.88. The molecule has 0 aliphatic carbocycles. The second-order valence-corrected chi connectivity index (χ2v) is 11.5. The summed E-state index contributed by atoms with van der Waals surface area (Å²) in [4.78, 5) is 30.9. The molecule has 8 nitrogen and oxygen atoms in total. The van der Waals surface area contributed by atoms with Gasteiger partial charge in [0.05, 0.1) is 24.7 Å². The van der Waals surface area contributed by atoms with Gasteiger partial charge in [0.2, 0.25) is 5.91 Å². The van der Waals surface area contributed by atoms with Gasteiger partial charge in [-0.05, 0) is 57.9 Å². The van der Waals surface area contributed by atoms with Gasteiger partial charge in [-0.2, -0.15) is 0 Å². The summed E-state index contributed by atoms with van der Waals surface area (Å²) >= 11 is 0. The fraction of sp³-hybridized carbons (Fsp3) is 0.690. The summed E-state index contributed by atoms with van der Waals surface area (Å²) < 4.78 is 10.6. The molecule has 8 heteroatoms. The Morgan fingerprint density at radius 3 is 2.57 bits per heavy atom. The number of allylic oxidation sites excluding steroid dienone is 1. The predicted octanol–water partition coefficient (Wildman–Crippen LogP) is 4.49. The molecule has 37 heavy (non-hydrogen) atoms. The lowest BCUT2D eigenvalue weighted by Gasteiger charge is -2.39. The monoisotopic (exact) mass is 516 g/mol. The van der Waals surface area contributed by atoms with Crippen LogP contribution in [0.15, 0.2) is 28.4 Å². The molecule has 1 aromatic rings. The number of amides is 1. The van der Waals surface area contributed by atoms with Gasteiger partial charge in [0.1, 0.15) is 17.7 Å². The van der Waals surface area contributed by atoms with Crippen molar-refractivity contribution in [2.24, 2.45) is 17.3 Å². The van der Waals surface area contributed by atoms with E-state index in [4.69, 9.17) is 9.15 Å². The van der Waals surface area contributed by atoms with Crippen molar-refractivity contribution in [2.75, 3.05) is 6.61 Å². The van der Waals surface area contributed by atoms with Gasteiger partial charge in [0.25, 0.3) is 0 Å². The minimum atomic E-state index is -2.12. The molecular formula is C29H44N2O6. The highest BCUT2D eigenvalue weighted by Gasteiger charge is 2.48. The number of hydrogen-bond donors (Lipinski definition) is 3. The molecule has 0 saturated carbocycles. The van der Waals surface area contributed by atoms with Crippen LogP contribution in [0.25, 0.3) is 6.08 Å². The maximum Gasteiger partial charge on any atom is 0.220 e. The second kappa shape index (κ2) is 12.5. The van der Waals surface area contributed by atoms with E-state index < -0.39 is 23.0 Å². The smallest absolute Gasteiger partial charge is 0.220 e. The van der Waals surface area contributed by atoms with Crippen LogP contribution in [0, 0.1) is 24.2 Å². The van der Waals surface area contributed by atoms with E-state index in [1.165, 1.54) is 5.57 Å². The lowest BCUT2D eigenvalue weighted by Crippen LogP contribution is -2.51. The Morgan fingerprint density at radius 1 is 1.19 bits per heavy atom. The zero-order chi connectivity index (χ0) is 27.2. The van der Waals surface area contributed by atoms with E-state index in [0.29, 0.717) is 50.3 Å². The van der Waals surface area contributed by atoms with Gasteiger partial charge < -0.3 is 24.7 Å². The number of aryl methyl sites for hydroxylation is 1. The number of ether oxygens (including phenoxy) is 1. The average Bonchev–Trinajstić information content (AvgIpc) is 3.57. The number of hydrogen-bond acceptors (Lipinski definition) is 7. The van der Waals surface area contributed by atoms with Crippen molar-refractivity contribution in [2.45, 2.75) is 104 Å². The molecule has 1 fully saturated rings.